The number of aliphatic hydroxyl groups is 1. The number of rotatable bonds is 4. The van der Waals surface area contributed by atoms with Gasteiger partial charge in [-0.15, -0.1) is 10.2 Å². The minimum atomic E-state index is -0.831. The summed E-state index contributed by atoms with van der Waals surface area (Å²) in [5.74, 6) is 0.460. The summed E-state index contributed by atoms with van der Waals surface area (Å²) >= 11 is 0. The molecule has 8 heteroatoms. The van der Waals surface area contributed by atoms with E-state index in [2.05, 4.69) is 15.4 Å². The third-order valence-electron chi connectivity index (χ3n) is 4.13. The molecule has 1 aromatic carbocycles. The lowest BCUT2D eigenvalue weighted by molar-refractivity contribution is 0.0236. The number of tetrazole rings is 1. The van der Waals surface area contributed by atoms with Gasteiger partial charge in [-0.05, 0) is 37.9 Å². The van der Waals surface area contributed by atoms with E-state index in [1.807, 2.05) is 31.1 Å². The van der Waals surface area contributed by atoms with Crippen LogP contribution in [0, 0.1) is 0 Å². The first-order chi connectivity index (χ1) is 11.4. The van der Waals surface area contributed by atoms with E-state index in [9.17, 15) is 9.90 Å². The fraction of sp³-hybridized carbons (Fsp3) is 0.500. The fourth-order valence-corrected chi connectivity index (χ4v) is 3.09. The van der Waals surface area contributed by atoms with Crippen molar-refractivity contribution >= 4 is 5.91 Å². The maximum Gasteiger partial charge on any atom is 0.253 e. The van der Waals surface area contributed by atoms with E-state index >= 15 is 0 Å². The number of hydrogen-bond donors (Lipinski definition) is 1. The quantitative estimate of drug-likeness (QED) is 0.850. The number of likely N-dealkylation sites (N-methyl/N-ethyl adjacent to an activating group) is 1. The van der Waals surface area contributed by atoms with Crippen molar-refractivity contribution < 1.29 is 9.90 Å². The van der Waals surface area contributed by atoms with E-state index < -0.39 is 5.60 Å². The van der Waals surface area contributed by atoms with Gasteiger partial charge in [0.05, 0.1) is 19.2 Å². The molecule has 1 aromatic heterocycles. The number of carbonyl (C=O) groups excluding carboxylic acids is 1. The lowest BCUT2D eigenvalue weighted by Crippen LogP contribution is -2.43. The summed E-state index contributed by atoms with van der Waals surface area (Å²) in [6.07, 6.45) is 0.596. The van der Waals surface area contributed by atoms with Crippen molar-refractivity contribution in [3.8, 4) is 11.4 Å². The largest absolute Gasteiger partial charge is 0.387 e. The van der Waals surface area contributed by atoms with Gasteiger partial charge in [0.25, 0.3) is 5.91 Å². The van der Waals surface area contributed by atoms with Gasteiger partial charge in [0, 0.05) is 24.2 Å². The number of nitrogens with zero attached hydrogens (tertiary/aromatic N) is 6. The summed E-state index contributed by atoms with van der Waals surface area (Å²) < 4.78 is 0. The summed E-state index contributed by atoms with van der Waals surface area (Å²) in [5, 5.41) is 22.5. The average Bonchev–Trinajstić information content (AvgIpc) is 3.12. The predicted octanol–water partition coefficient (Wildman–Crippen LogP) is 0.0157. The fourth-order valence-electron chi connectivity index (χ4n) is 3.09. The van der Waals surface area contributed by atoms with Gasteiger partial charge < -0.3 is 14.9 Å². The van der Waals surface area contributed by atoms with Crippen LogP contribution < -0.4 is 0 Å². The molecule has 2 aromatic rings. The van der Waals surface area contributed by atoms with E-state index in [0.29, 0.717) is 37.4 Å². The summed E-state index contributed by atoms with van der Waals surface area (Å²) in [6, 6.07) is 7.15. The second-order valence-corrected chi connectivity index (χ2v) is 6.62. The van der Waals surface area contributed by atoms with E-state index in [0.717, 1.165) is 5.56 Å². The Bertz CT molecular complexity index is 726. The van der Waals surface area contributed by atoms with E-state index in [-0.39, 0.29) is 5.91 Å². The molecule has 2 heterocycles. The standard InChI is InChI=1S/C16H22N6O2/c1-20(2)10-16(24)8-9-22(11-16)15(23)13-6-4-12(5-7-13)14-17-19-21(3)18-14/h4-7,24H,8-11H2,1-3H3. The highest BCUT2D eigenvalue weighted by molar-refractivity contribution is 5.94. The third kappa shape index (κ3) is 3.44. The maximum atomic E-state index is 12.6. The molecule has 1 N–H and O–H groups in total. The molecule has 0 aliphatic carbocycles. The number of aryl methyl sites for hydroxylation is 1. The summed E-state index contributed by atoms with van der Waals surface area (Å²) in [7, 11) is 5.54. The summed E-state index contributed by atoms with van der Waals surface area (Å²) in [4.78, 5) is 17.7. The highest BCUT2D eigenvalue weighted by atomic mass is 16.3. The first-order valence-corrected chi connectivity index (χ1v) is 7.87. The molecule has 1 aliphatic heterocycles. The molecule has 24 heavy (non-hydrogen) atoms. The molecular weight excluding hydrogens is 308 g/mol. The normalized spacial score (nSPS) is 20.8. The van der Waals surface area contributed by atoms with Gasteiger partial charge in [0.2, 0.25) is 5.82 Å². The van der Waals surface area contributed by atoms with Crippen LogP contribution in [0.25, 0.3) is 11.4 Å². The Hall–Kier alpha value is -2.32. The van der Waals surface area contributed by atoms with Gasteiger partial charge in [-0.3, -0.25) is 4.79 Å². The number of β-amino-alcohol motifs (C(OH)–C–C–N with tert-alkyl or cyclic N) is 1. The Kier molecular flexibility index (Phi) is 4.33. The van der Waals surface area contributed by atoms with Gasteiger partial charge in [0.15, 0.2) is 0 Å². The Balaban J connectivity index is 1.70. The number of amides is 1. The molecule has 1 aliphatic rings. The minimum absolute atomic E-state index is 0.0664. The van der Waals surface area contributed by atoms with Gasteiger partial charge in [-0.2, -0.15) is 4.80 Å². The number of carbonyl (C=O) groups is 1. The van der Waals surface area contributed by atoms with E-state index in [1.54, 1.807) is 24.1 Å². The molecule has 0 spiro atoms. The van der Waals surface area contributed by atoms with Crippen molar-refractivity contribution in [1.82, 2.24) is 30.0 Å². The molecule has 0 radical (unpaired) electrons. The zero-order valence-corrected chi connectivity index (χ0v) is 14.2. The van der Waals surface area contributed by atoms with Gasteiger partial charge in [-0.25, -0.2) is 0 Å². The Labute approximate surface area is 140 Å². The first-order valence-electron chi connectivity index (χ1n) is 7.87. The SMILES string of the molecule is CN(C)CC1(O)CCN(C(=O)c2ccc(-c3nnn(C)n3)cc2)C1. The van der Waals surface area contributed by atoms with Crippen LogP contribution in [0.5, 0.6) is 0 Å². The third-order valence-corrected chi connectivity index (χ3v) is 4.13. The molecule has 128 valence electrons. The smallest absolute Gasteiger partial charge is 0.253 e. The van der Waals surface area contributed by atoms with E-state index in [1.165, 1.54) is 4.80 Å². The van der Waals surface area contributed by atoms with Crippen molar-refractivity contribution in [1.29, 1.82) is 0 Å². The monoisotopic (exact) mass is 330 g/mol. The highest BCUT2D eigenvalue weighted by Crippen LogP contribution is 2.24. The summed E-state index contributed by atoms with van der Waals surface area (Å²) in [5.41, 5.74) is 0.574. The molecule has 1 saturated heterocycles. The Morgan fingerprint density at radius 2 is 2.04 bits per heavy atom. The molecule has 3 rings (SSSR count). The molecule has 1 unspecified atom stereocenters. The number of hydrogen-bond acceptors (Lipinski definition) is 6. The maximum absolute atomic E-state index is 12.6. The lowest BCUT2D eigenvalue weighted by atomic mass is 10.0. The van der Waals surface area contributed by atoms with Crippen molar-refractivity contribution in [2.45, 2.75) is 12.0 Å². The van der Waals surface area contributed by atoms with Gasteiger partial charge >= 0.3 is 0 Å². The van der Waals surface area contributed by atoms with Crippen LogP contribution in [0.15, 0.2) is 24.3 Å². The zero-order chi connectivity index (χ0) is 17.3. The molecule has 0 bridgehead atoms. The van der Waals surface area contributed by atoms with Crippen molar-refractivity contribution in [3.63, 3.8) is 0 Å². The average molecular weight is 330 g/mol. The predicted molar refractivity (Wildman–Crippen MR) is 88.3 cm³/mol. The van der Waals surface area contributed by atoms with Crippen molar-refractivity contribution in [2.75, 3.05) is 33.7 Å². The Morgan fingerprint density at radius 3 is 2.62 bits per heavy atom. The lowest BCUT2D eigenvalue weighted by Gasteiger charge is -2.26. The van der Waals surface area contributed by atoms with Crippen LogP contribution in [-0.2, 0) is 7.05 Å². The minimum Gasteiger partial charge on any atom is -0.387 e. The number of likely N-dealkylation sites (tertiary alicyclic amines) is 1. The van der Waals surface area contributed by atoms with Gasteiger partial charge in [-0.1, -0.05) is 12.1 Å². The molecule has 1 amide bonds. The zero-order valence-electron chi connectivity index (χ0n) is 14.2. The summed E-state index contributed by atoms with van der Waals surface area (Å²) in [6.45, 7) is 1.47. The second kappa shape index (κ2) is 6.29. The number of benzene rings is 1. The van der Waals surface area contributed by atoms with Crippen LogP contribution in [-0.4, -0.2) is 80.4 Å². The van der Waals surface area contributed by atoms with E-state index in [4.69, 9.17) is 0 Å². The van der Waals surface area contributed by atoms with Crippen LogP contribution in [0.4, 0.5) is 0 Å². The topological polar surface area (TPSA) is 87.4 Å². The van der Waals surface area contributed by atoms with Crippen LogP contribution in [0.3, 0.4) is 0 Å². The first kappa shape index (κ1) is 16.5. The molecule has 1 fully saturated rings. The number of aromatic nitrogens is 4. The van der Waals surface area contributed by atoms with Crippen molar-refractivity contribution in [3.05, 3.63) is 29.8 Å². The molecule has 0 saturated carbocycles. The van der Waals surface area contributed by atoms with Crippen LogP contribution in [0.2, 0.25) is 0 Å². The molecule has 1 atom stereocenters. The molecular formula is C16H22N6O2. The second-order valence-electron chi connectivity index (χ2n) is 6.62. The molecule has 8 nitrogen and oxygen atoms in total. The van der Waals surface area contributed by atoms with Crippen LogP contribution >= 0.6 is 0 Å². The Morgan fingerprint density at radius 1 is 1.33 bits per heavy atom. The van der Waals surface area contributed by atoms with Crippen LogP contribution in [0.1, 0.15) is 16.8 Å². The highest BCUT2D eigenvalue weighted by Gasteiger charge is 2.38. The van der Waals surface area contributed by atoms with Crippen molar-refractivity contribution in [2.24, 2.45) is 7.05 Å². The van der Waals surface area contributed by atoms with Gasteiger partial charge in [0.1, 0.15) is 0 Å².